The van der Waals surface area contributed by atoms with E-state index in [0.717, 1.165) is 58.5 Å². The first-order valence-corrected chi connectivity index (χ1v) is 6.02. The van der Waals surface area contributed by atoms with Crippen LogP contribution >= 0.6 is 0 Å². The average molecular weight is 211 g/mol. The monoisotopic (exact) mass is 211 g/mol. The van der Waals surface area contributed by atoms with E-state index in [4.69, 9.17) is 5.73 Å². The van der Waals surface area contributed by atoms with Crippen molar-refractivity contribution in [3.63, 3.8) is 0 Å². The Bertz CT molecular complexity index is 228. The topological polar surface area (TPSA) is 49.6 Å². The Morgan fingerprint density at radius 3 is 2.67 bits per heavy atom. The highest BCUT2D eigenvalue weighted by molar-refractivity contribution is 5.81. The van der Waals surface area contributed by atoms with E-state index in [1.54, 1.807) is 0 Å². The van der Waals surface area contributed by atoms with Crippen LogP contribution in [0.3, 0.4) is 0 Å². The third kappa shape index (κ3) is 2.92. The Morgan fingerprint density at radius 1 is 1.20 bits per heavy atom. The lowest BCUT2D eigenvalue weighted by molar-refractivity contribution is -0.132. The number of hydrogen-bond acceptors (Lipinski definition) is 3. The van der Waals surface area contributed by atoms with Gasteiger partial charge in [0.2, 0.25) is 5.91 Å². The first-order valence-electron chi connectivity index (χ1n) is 6.02. The Morgan fingerprint density at radius 2 is 2.00 bits per heavy atom. The number of amides is 1. The smallest absolute Gasteiger partial charge is 0.225 e. The molecule has 4 nitrogen and oxygen atoms in total. The summed E-state index contributed by atoms with van der Waals surface area (Å²) in [7, 11) is 0. The van der Waals surface area contributed by atoms with Crippen LogP contribution < -0.4 is 5.73 Å². The molecule has 0 atom stereocenters. The summed E-state index contributed by atoms with van der Waals surface area (Å²) in [6.07, 6.45) is 3.32. The standard InChI is InChI=1S/C11H21N3O/c12-4-7-13-5-1-6-14(9-8-13)11(15)10-2-3-10/h10H,1-9,12H2. The molecular weight excluding hydrogens is 190 g/mol. The zero-order chi connectivity index (χ0) is 10.7. The van der Waals surface area contributed by atoms with Gasteiger partial charge in [-0.2, -0.15) is 0 Å². The van der Waals surface area contributed by atoms with E-state index in [1.807, 2.05) is 4.90 Å². The van der Waals surface area contributed by atoms with Crippen molar-refractivity contribution in [3.8, 4) is 0 Å². The second-order valence-electron chi connectivity index (χ2n) is 4.58. The molecule has 1 aliphatic carbocycles. The fourth-order valence-electron chi connectivity index (χ4n) is 2.19. The van der Waals surface area contributed by atoms with Gasteiger partial charge in [-0.25, -0.2) is 0 Å². The van der Waals surface area contributed by atoms with E-state index in [2.05, 4.69) is 4.90 Å². The van der Waals surface area contributed by atoms with E-state index in [0.29, 0.717) is 11.8 Å². The van der Waals surface area contributed by atoms with E-state index in [-0.39, 0.29) is 0 Å². The quantitative estimate of drug-likeness (QED) is 0.708. The van der Waals surface area contributed by atoms with Crippen LogP contribution in [-0.4, -0.2) is 55.0 Å². The zero-order valence-electron chi connectivity index (χ0n) is 9.32. The Hall–Kier alpha value is -0.610. The van der Waals surface area contributed by atoms with Gasteiger partial charge in [-0.05, 0) is 25.8 Å². The molecule has 1 amide bonds. The Labute approximate surface area is 91.4 Å². The first kappa shape index (κ1) is 10.9. The van der Waals surface area contributed by atoms with Gasteiger partial charge in [-0.3, -0.25) is 4.79 Å². The van der Waals surface area contributed by atoms with Gasteiger partial charge in [-0.1, -0.05) is 0 Å². The number of nitrogens with two attached hydrogens (primary N) is 1. The minimum atomic E-state index is 0.367. The molecule has 4 heteroatoms. The molecule has 1 aliphatic heterocycles. The van der Waals surface area contributed by atoms with Crippen LogP contribution in [0.25, 0.3) is 0 Å². The van der Waals surface area contributed by atoms with Crippen LogP contribution in [0.5, 0.6) is 0 Å². The summed E-state index contributed by atoms with van der Waals surface area (Å²) in [5.41, 5.74) is 5.54. The molecule has 0 radical (unpaired) electrons. The Kier molecular flexibility index (Phi) is 3.59. The fourth-order valence-corrected chi connectivity index (χ4v) is 2.19. The van der Waals surface area contributed by atoms with Gasteiger partial charge in [0, 0.05) is 38.6 Å². The molecule has 1 heterocycles. The highest BCUT2D eigenvalue weighted by atomic mass is 16.2. The maximum atomic E-state index is 11.9. The lowest BCUT2D eigenvalue weighted by Gasteiger charge is -2.21. The lowest BCUT2D eigenvalue weighted by atomic mass is 10.3. The zero-order valence-corrected chi connectivity index (χ0v) is 9.32. The highest BCUT2D eigenvalue weighted by Crippen LogP contribution is 2.31. The SMILES string of the molecule is NCCN1CCCN(C(=O)C2CC2)CC1. The summed E-state index contributed by atoms with van der Waals surface area (Å²) in [5.74, 6) is 0.760. The summed E-state index contributed by atoms with van der Waals surface area (Å²) in [5, 5.41) is 0. The van der Waals surface area contributed by atoms with Crippen molar-refractivity contribution in [2.75, 3.05) is 39.3 Å². The predicted octanol–water partition coefficient (Wildman–Crippen LogP) is -0.111. The molecule has 0 unspecified atom stereocenters. The molecule has 0 aromatic heterocycles. The van der Waals surface area contributed by atoms with Gasteiger partial charge in [-0.15, -0.1) is 0 Å². The molecule has 2 aliphatic rings. The van der Waals surface area contributed by atoms with Gasteiger partial charge in [0.1, 0.15) is 0 Å². The Balaban J connectivity index is 1.80. The molecule has 0 aromatic rings. The molecule has 86 valence electrons. The molecule has 2 rings (SSSR count). The third-order valence-electron chi connectivity index (χ3n) is 3.27. The van der Waals surface area contributed by atoms with Crippen molar-refractivity contribution in [1.82, 2.24) is 9.80 Å². The van der Waals surface area contributed by atoms with E-state index in [1.165, 1.54) is 0 Å². The maximum absolute atomic E-state index is 11.9. The molecule has 1 saturated carbocycles. The van der Waals surface area contributed by atoms with E-state index in [9.17, 15) is 4.79 Å². The molecule has 15 heavy (non-hydrogen) atoms. The van der Waals surface area contributed by atoms with Crippen LogP contribution in [0.4, 0.5) is 0 Å². The van der Waals surface area contributed by atoms with Gasteiger partial charge < -0.3 is 15.5 Å². The average Bonchev–Trinajstić information content (AvgIpc) is 3.05. The second-order valence-corrected chi connectivity index (χ2v) is 4.58. The third-order valence-corrected chi connectivity index (χ3v) is 3.27. The molecular formula is C11H21N3O. The molecule has 2 N–H and O–H groups in total. The minimum Gasteiger partial charge on any atom is -0.341 e. The van der Waals surface area contributed by atoms with E-state index < -0.39 is 0 Å². The summed E-state index contributed by atoms with van der Waals surface area (Å²) >= 11 is 0. The van der Waals surface area contributed by atoms with Crippen molar-refractivity contribution >= 4 is 5.91 Å². The van der Waals surface area contributed by atoms with Crippen LogP contribution in [0, 0.1) is 5.92 Å². The van der Waals surface area contributed by atoms with Crippen molar-refractivity contribution in [1.29, 1.82) is 0 Å². The maximum Gasteiger partial charge on any atom is 0.225 e. The number of hydrogen-bond donors (Lipinski definition) is 1. The lowest BCUT2D eigenvalue weighted by Crippen LogP contribution is -2.37. The summed E-state index contributed by atoms with van der Waals surface area (Å²) < 4.78 is 0. The van der Waals surface area contributed by atoms with Crippen LogP contribution in [-0.2, 0) is 4.79 Å². The van der Waals surface area contributed by atoms with Crippen LogP contribution in [0.1, 0.15) is 19.3 Å². The molecule has 0 spiro atoms. The highest BCUT2D eigenvalue weighted by Gasteiger charge is 2.33. The van der Waals surface area contributed by atoms with Gasteiger partial charge >= 0.3 is 0 Å². The van der Waals surface area contributed by atoms with Crippen molar-refractivity contribution in [2.24, 2.45) is 11.7 Å². The number of carbonyl (C=O) groups is 1. The minimum absolute atomic E-state index is 0.367. The van der Waals surface area contributed by atoms with Crippen molar-refractivity contribution in [2.45, 2.75) is 19.3 Å². The second kappa shape index (κ2) is 4.94. The van der Waals surface area contributed by atoms with Crippen molar-refractivity contribution < 1.29 is 4.79 Å². The summed E-state index contributed by atoms with van der Waals surface area (Å²) in [6, 6.07) is 0. The van der Waals surface area contributed by atoms with Crippen molar-refractivity contribution in [3.05, 3.63) is 0 Å². The van der Waals surface area contributed by atoms with Crippen LogP contribution in [0.15, 0.2) is 0 Å². The van der Waals surface area contributed by atoms with Gasteiger partial charge in [0.25, 0.3) is 0 Å². The fraction of sp³-hybridized carbons (Fsp3) is 0.909. The van der Waals surface area contributed by atoms with Gasteiger partial charge in [0.15, 0.2) is 0 Å². The normalized spacial score (nSPS) is 23.9. The summed E-state index contributed by atoms with van der Waals surface area (Å²) in [6.45, 7) is 5.61. The molecule has 0 bridgehead atoms. The number of carbonyl (C=O) groups excluding carboxylic acids is 1. The number of rotatable bonds is 3. The largest absolute Gasteiger partial charge is 0.341 e. The van der Waals surface area contributed by atoms with E-state index >= 15 is 0 Å². The molecule has 0 aromatic carbocycles. The van der Waals surface area contributed by atoms with Gasteiger partial charge in [0.05, 0.1) is 0 Å². The van der Waals surface area contributed by atoms with Crippen LogP contribution in [0.2, 0.25) is 0 Å². The number of nitrogens with zero attached hydrogens (tertiary/aromatic N) is 2. The summed E-state index contributed by atoms with van der Waals surface area (Å²) in [4.78, 5) is 16.3. The molecule has 2 fully saturated rings. The first-order chi connectivity index (χ1) is 7.31. The molecule has 1 saturated heterocycles. The predicted molar refractivity (Wildman–Crippen MR) is 59.4 cm³/mol.